The van der Waals surface area contributed by atoms with Crippen LogP contribution in [0, 0.1) is 31.3 Å². The first-order chi connectivity index (χ1) is 30.7. The zero-order chi connectivity index (χ0) is 48.0. The fraction of sp³-hybridized carbons (Fsp3) is 0.250. The molecule has 8 rings (SSSR count). The molecule has 0 bridgehead atoms. The van der Waals surface area contributed by atoms with Crippen molar-refractivity contribution < 1.29 is 38.2 Å². The van der Waals surface area contributed by atoms with Gasteiger partial charge in [0.2, 0.25) is 5.71 Å². The zero-order valence-corrected chi connectivity index (χ0v) is 35.3. The van der Waals surface area contributed by atoms with Gasteiger partial charge in [-0.3, -0.25) is 0 Å². The molecule has 0 spiro atoms. The van der Waals surface area contributed by atoms with Gasteiger partial charge in [-0.15, -0.1) is 47.5 Å². The fourth-order valence-corrected chi connectivity index (χ4v) is 6.38. The number of hydrogen-bond donors (Lipinski definition) is 0. The van der Waals surface area contributed by atoms with Crippen LogP contribution < -0.4 is 0 Å². The third kappa shape index (κ3) is 10.2. The summed E-state index contributed by atoms with van der Waals surface area (Å²) in [6, 6.07) is 40.6. The van der Waals surface area contributed by atoms with Crippen molar-refractivity contribution in [2.45, 2.75) is 79.8 Å². The Kier molecular flexibility index (Phi) is 9.20. The molecule has 5 heteroatoms. The first-order valence-corrected chi connectivity index (χ1v) is 18.6. The summed E-state index contributed by atoms with van der Waals surface area (Å²) >= 11 is 0. The van der Waals surface area contributed by atoms with Crippen LogP contribution in [0.15, 0.2) is 132 Å². The number of benzene rings is 4. The molecule has 4 heterocycles. The topological polar surface area (TPSA) is 51.8 Å². The molecule has 0 amide bonds. The molecule has 0 aliphatic rings. The molecule has 0 fully saturated rings. The molecular formula is C52H51IrN3O-2. The van der Waals surface area contributed by atoms with Gasteiger partial charge in [0.05, 0.1) is 5.58 Å². The van der Waals surface area contributed by atoms with Crippen molar-refractivity contribution in [3.8, 4) is 33.6 Å². The Morgan fingerprint density at radius 2 is 1.53 bits per heavy atom. The third-order valence-corrected chi connectivity index (χ3v) is 9.22. The molecule has 4 aromatic heterocycles. The number of furan rings is 1. The first-order valence-electron chi connectivity index (χ1n) is 23.6. The zero-order valence-electron chi connectivity index (χ0n) is 42.9. The Bertz CT molecular complexity index is 2990. The number of hydrogen-bond acceptors (Lipinski definition) is 4. The Morgan fingerprint density at radius 3 is 2.23 bits per heavy atom. The largest absolute Gasteiger partial charge is 0.486 e. The molecule has 4 aromatic carbocycles. The molecular weight excluding hydrogens is 875 g/mol. The number of nitrogens with zero attached hydrogens (tertiary/aromatic N) is 3. The van der Waals surface area contributed by atoms with Gasteiger partial charge in [-0.25, -0.2) is 4.98 Å². The van der Waals surface area contributed by atoms with Gasteiger partial charge >= 0.3 is 0 Å². The van der Waals surface area contributed by atoms with Crippen molar-refractivity contribution in [1.29, 1.82) is 0 Å². The van der Waals surface area contributed by atoms with Gasteiger partial charge in [-0.2, -0.15) is 0 Å². The normalized spacial score (nSPS) is 15.1. The summed E-state index contributed by atoms with van der Waals surface area (Å²) in [6.45, 7) is 7.40. The quantitative estimate of drug-likeness (QED) is 0.149. The van der Waals surface area contributed by atoms with Crippen molar-refractivity contribution in [1.82, 2.24) is 15.0 Å². The van der Waals surface area contributed by atoms with Crippen LogP contribution in [0.5, 0.6) is 0 Å². The summed E-state index contributed by atoms with van der Waals surface area (Å²) in [5.41, 5.74) is 7.43. The summed E-state index contributed by atoms with van der Waals surface area (Å²) in [7, 11) is 0. The number of aromatic nitrogens is 3. The molecule has 4 nitrogen and oxygen atoms in total. The van der Waals surface area contributed by atoms with Crippen molar-refractivity contribution in [2.75, 3.05) is 0 Å². The second-order valence-corrected chi connectivity index (χ2v) is 15.8. The smallest absolute Gasteiger partial charge is 0.216 e. The van der Waals surface area contributed by atoms with Gasteiger partial charge in [-0.05, 0) is 88.7 Å². The minimum absolute atomic E-state index is 0. The SMILES string of the molecule is [2H]C([2H])([2H])c1c[c-]c(-c2ccc(C([2H])([2H])C(C)(C)C)cn2)cc1-c1ccccc1.[2H]C([2H])([2H])c1ccc2c(n1)oc1c(-c3cc(CC([2H])([2H])c4ccc(C(C)(C)C)cc4)ccn3)[c-]ccc12.[Ir]. The monoisotopic (exact) mass is 936 g/mol. The first kappa shape index (κ1) is 29.9. The Labute approximate surface area is 366 Å². The molecule has 0 atom stereocenters. The van der Waals surface area contributed by atoms with Crippen molar-refractivity contribution >= 4 is 22.1 Å². The van der Waals surface area contributed by atoms with Crippen LogP contribution >= 0.6 is 0 Å². The Morgan fingerprint density at radius 1 is 0.737 bits per heavy atom. The molecule has 0 unspecified atom stereocenters. The van der Waals surface area contributed by atoms with E-state index in [2.05, 4.69) is 47.9 Å². The number of pyridine rings is 3. The van der Waals surface area contributed by atoms with E-state index >= 15 is 0 Å². The van der Waals surface area contributed by atoms with Crippen LogP contribution in [0.25, 0.3) is 55.7 Å². The van der Waals surface area contributed by atoms with E-state index in [1.807, 2.05) is 93.6 Å². The average Bonchev–Trinajstić information content (AvgIpc) is 3.64. The van der Waals surface area contributed by atoms with E-state index in [9.17, 15) is 0 Å². The van der Waals surface area contributed by atoms with E-state index in [0.29, 0.717) is 50.2 Å². The summed E-state index contributed by atoms with van der Waals surface area (Å²) in [6.07, 6.45) is 0.289. The van der Waals surface area contributed by atoms with Crippen molar-refractivity contribution in [3.05, 3.63) is 173 Å². The predicted octanol–water partition coefficient (Wildman–Crippen LogP) is 13.3. The van der Waals surface area contributed by atoms with Gasteiger partial charge in [0.15, 0.2) is 0 Å². The van der Waals surface area contributed by atoms with Crippen LogP contribution in [0.3, 0.4) is 0 Å². The standard InChI is InChI=1S/C29H27N2O.C23H24N.Ir/c1-19-8-15-24-23-6-5-7-25(27(23)32-28(24)31-19)26-18-21(16-17-30-26)10-9-20-11-13-22(14-12-20)29(2,3)4;1-17-10-12-20(14-21(17)19-8-6-5-7-9-19)22-13-11-18(16-24-22)15-23(2,3)4;/h5-6,8,11-18H,9-10H2,1-4H3;5-11,13-14,16H,15H2,1-4H3;/q2*-1;/i1D3,9D2;1D3,15D2;. The molecule has 1 radical (unpaired) electrons. The second kappa shape index (κ2) is 17.5. The Hall–Kier alpha value is -5.22. The maximum absolute atomic E-state index is 8.75. The van der Waals surface area contributed by atoms with E-state index < -0.39 is 31.9 Å². The summed E-state index contributed by atoms with van der Waals surface area (Å²) in [4.78, 5) is 13.2. The number of fused-ring (bicyclic) bond motifs is 3. The van der Waals surface area contributed by atoms with E-state index in [-0.39, 0.29) is 48.9 Å². The second-order valence-electron chi connectivity index (χ2n) is 15.8. The maximum atomic E-state index is 8.75. The Balaban J connectivity index is 0.000000224. The molecule has 0 aliphatic carbocycles. The molecule has 291 valence electrons. The third-order valence-electron chi connectivity index (χ3n) is 9.22. The van der Waals surface area contributed by atoms with Crippen LogP contribution in [-0.4, -0.2) is 15.0 Å². The fourth-order valence-electron chi connectivity index (χ4n) is 6.38. The van der Waals surface area contributed by atoms with Crippen LogP contribution in [0.4, 0.5) is 0 Å². The van der Waals surface area contributed by atoms with Gasteiger partial charge in [0.25, 0.3) is 0 Å². The van der Waals surface area contributed by atoms with Crippen LogP contribution in [0.1, 0.15) is 88.8 Å². The van der Waals surface area contributed by atoms with E-state index in [0.717, 1.165) is 22.1 Å². The predicted molar refractivity (Wildman–Crippen MR) is 233 cm³/mol. The number of aryl methyl sites for hydroxylation is 4. The van der Waals surface area contributed by atoms with Crippen molar-refractivity contribution in [2.24, 2.45) is 5.41 Å². The molecule has 57 heavy (non-hydrogen) atoms. The van der Waals surface area contributed by atoms with Crippen LogP contribution in [-0.2, 0) is 44.7 Å². The summed E-state index contributed by atoms with van der Waals surface area (Å²) in [5, 5.41) is 1.50. The number of rotatable bonds is 7. The van der Waals surface area contributed by atoms with Gasteiger partial charge in [0.1, 0.15) is 0 Å². The molecule has 0 aliphatic heterocycles. The average molecular weight is 936 g/mol. The van der Waals surface area contributed by atoms with Gasteiger partial charge < -0.3 is 14.4 Å². The summed E-state index contributed by atoms with van der Waals surface area (Å²) in [5.74, 6) is 0. The minimum Gasteiger partial charge on any atom is -0.486 e. The molecule has 0 saturated heterocycles. The van der Waals surface area contributed by atoms with Crippen molar-refractivity contribution in [3.63, 3.8) is 0 Å². The maximum Gasteiger partial charge on any atom is 0.216 e. The van der Waals surface area contributed by atoms with E-state index in [4.69, 9.17) is 18.1 Å². The molecule has 0 saturated carbocycles. The van der Waals surface area contributed by atoms with E-state index in [1.54, 1.807) is 42.7 Å². The van der Waals surface area contributed by atoms with Gasteiger partial charge in [0, 0.05) is 57.3 Å². The van der Waals surface area contributed by atoms with Crippen LogP contribution in [0.2, 0.25) is 0 Å². The van der Waals surface area contributed by atoms with Gasteiger partial charge in [-0.1, -0.05) is 143 Å². The molecule has 8 aromatic rings. The summed E-state index contributed by atoms with van der Waals surface area (Å²) < 4.78 is 86.8. The van der Waals surface area contributed by atoms with E-state index in [1.165, 1.54) is 12.1 Å². The minimum atomic E-state index is -2.33. The molecule has 0 N–H and O–H groups in total.